The number of thiophene rings is 2. The molecule has 0 aliphatic carbocycles. The number of hydrogen-bond donors (Lipinski definition) is 0. The van der Waals surface area contributed by atoms with Crippen molar-refractivity contribution < 1.29 is 4.57 Å². The lowest BCUT2D eigenvalue weighted by atomic mass is 10.0. The van der Waals surface area contributed by atoms with E-state index in [0.717, 1.165) is 21.3 Å². The van der Waals surface area contributed by atoms with Crippen LogP contribution in [0.2, 0.25) is 0 Å². The number of benzene rings is 5. The maximum Gasteiger partial charge on any atom is 0.171 e. The Balaban J connectivity index is 1.32. The highest BCUT2D eigenvalue weighted by Gasteiger charge is 2.30. The summed E-state index contributed by atoms with van der Waals surface area (Å²) in [6.45, 7) is 0. The van der Waals surface area contributed by atoms with Crippen LogP contribution in [-0.2, 0) is 4.57 Å². The molecule has 5 aromatic carbocycles. The molecule has 0 bridgehead atoms. The van der Waals surface area contributed by atoms with E-state index < -0.39 is 7.14 Å². The first-order chi connectivity index (χ1) is 19.7. The van der Waals surface area contributed by atoms with Gasteiger partial charge in [0, 0.05) is 68.7 Å². The lowest BCUT2D eigenvalue weighted by Crippen LogP contribution is -2.24. The van der Waals surface area contributed by atoms with Crippen molar-refractivity contribution in [2.45, 2.75) is 0 Å². The van der Waals surface area contributed by atoms with Crippen LogP contribution in [-0.4, -0.2) is 4.98 Å². The van der Waals surface area contributed by atoms with Crippen LogP contribution in [0.1, 0.15) is 0 Å². The quantitative estimate of drug-likeness (QED) is 0.199. The van der Waals surface area contributed by atoms with Crippen molar-refractivity contribution in [1.29, 1.82) is 0 Å². The van der Waals surface area contributed by atoms with Crippen LogP contribution < -0.4 is 15.9 Å². The van der Waals surface area contributed by atoms with E-state index in [9.17, 15) is 0 Å². The van der Waals surface area contributed by atoms with E-state index in [4.69, 9.17) is 0 Å². The Kier molecular flexibility index (Phi) is 5.50. The summed E-state index contributed by atoms with van der Waals surface area (Å²) < 4.78 is 20.0. The first-order valence-electron chi connectivity index (χ1n) is 13.1. The van der Waals surface area contributed by atoms with E-state index in [0.29, 0.717) is 0 Å². The van der Waals surface area contributed by atoms with Gasteiger partial charge in [-0.1, -0.05) is 72.8 Å². The van der Waals surface area contributed by atoms with E-state index in [-0.39, 0.29) is 0 Å². The molecule has 40 heavy (non-hydrogen) atoms. The second-order valence-electron chi connectivity index (χ2n) is 9.96. The number of fused-ring (bicyclic) bond motifs is 6. The van der Waals surface area contributed by atoms with E-state index in [2.05, 4.69) is 65.6 Å². The molecule has 0 unspecified atom stereocenters. The third-order valence-electron chi connectivity index (χ3n) is 7.66. The third-order valence-corrected chi connectivity index (χ3v) is 13.0. The molecular weight excluding hydrogens is 545 g/mol. The molecule has 0 atom stereocenters. The highest BCUT2D eigenvalue weighted by atomic mass is 32.1. The van der Waals surface area contributed by atoms with Gasteiger partial charge in [-0.2, -0.15) is 0 Å². The lowest BCUT2D eigenvalue weighted by molar-refractivity contribution is 0.592. The molecule has 8 rings (SSSR count). The Morgan fingerprint density at radius 3 is 1.57 bits per heavy atom. The maximum absolute atomic E-state index is 15.0. The summed E-state index contributed by atoms with van der Waals surface area (Å²) in [6.07, 6.45) is 3.82. The molecule has 0 amide bonds. The van der Waals surface area contributed by atoms with Crippen LogP contribution in [0.25, 0.3) is 51.5 Å². The van der Waals surface area contributed by atoms with Crippen molar-refractivity contribution in [1.82, 2.24) is 4.98 Å². The van der Waals surface area contributed by atoms with Crippen LogP contribution in [0, 0.1) is 0 Å². The molecule has 0 aliphatic heterocycles. The van der Waals surface area contributed by atoms with Gasteiger partial charge in [-0.25, -0.2) is 0 Å². The predicted octanol–water partition coefficient (Wildman–Crippen LogP) is 9.12. The van der Waals surface area contributed by atoms with Gasteiger partial charge in [0.05, 0.1) is 0 Å². The minimum absolute atomic E-state index is 0.853. The molecule has 2 nitrogen and oxygen atoms in total. The highest BCUT2D eigenvalue weighted by Crippen LogP contribution is 2.45. The summed E-state index contributed by atoms with van der Waals surface area (Å²) in [4.78, 5) is 4.36. The highest BCUT2D eigenvalue weighted by molar-refractivity contribution is 7.85. The fourth-order valence-corrected chi connectivity index (χ4v) is 10.5. The Hall–Kier alpha value is -4.08. The van der Waals surface area contributed by atoms with Crippen molar-refractivity contribution in [2.75, 3.05) is 0 Å². The van der Waals surface area contributed by atoms with Gasteiger partial charge in [0.1, 0.15) is 0 Å². The minimum Gasteiger partial charge on any atom is -0.309 e. The van der Waals surface area contributed by atoms with Gasteiger partial charge >= 0.3 is 0 Å². The molecular formula is C35H22NOPS2. The molecule has 0 saturated heterocycles. The van der Waals surface area contributed by atoms with Crippen molar-refractivity contribution in [3.05, 3.63) is 134 Å². The number of nitrogens with zero attached hydrogens (tertiary/aromatic N) is 1. The fourth-order valence-electron chi connectivity index (χ4n) is 5.66. The summed E-state index contributed by atoms with van der Waals surface area (Å²) in [6, 6.07) is 41.7. The van der Waals surface area contributed by atoms with Gasteiger partial charge in [-0.05, 0) is 59.7 Å². The standard InChI is InChI=1S/C35H22NOPS2/c37-38(25-7-3-1-4-8-25,26-9-5-2-6-10-26)27-13-16-34-30(21-27)28-19-23(11-14-32(28)39-34)24-12-15-33-29(20-24)31-22-36-18-17-35(31)40-33/h1-22H. The number of pyridine rings is 1. The smallest absolute Gasteiger partial charge is 0.171 e. The zero-order chi connectivity index (χ0) is 26.7. The van der Waals surface area contributed by atoms with Crippen molar-refractivity contribution in [3.8, 4) is 11.1 Å². The summed E-state index contributed by atoms with van der Waals surface area (Å²) in [5, 5.41) is 7.37. The second-order valence-corrected chi connectivity index (χ2v) is 14.9. The van der Waals surface area contributed by atoms with Crippen LogP contribution in [0.5, 0.6) is 0 Å². The normalized spacial score (nSPS) is 12.1. The fraction of sp³-hybridized carbons (Fsp3) is 0. The lowest BCUT2D eigenvalue weighted by Gasteiger charge is -2.20. The zero-order valence-electron chi connectivity index (χ0n) is 21.3. The molecule has 0 spiro atoms. The Labute approximate surface area is 239 Å². The van der Waals surface area contributed by atoms with Crippen LogP contribution in [0.3, 0.4) is 0 Å². The average molecular weight is 568 g/mol. The van der Waals surface area contributed by atoms with Gasteiger partial charge < -0.3 is 4.57 Å². The maximum atomic E-state index is 15.0. The van der Waals surface area contributed by atoms with Crippen molar-refractivity contribution in [2.24, 2.45) is 0 Å². The van der Waals surface area contributed by atoms with Crippen LogP contribution >= 0.6 is 29.8 Å². The SMILES string of the molecule is O=P(c1ccccc1)(c1ccccc1)c1ccc2sc3ccc(-c4ccc5sc6ccncc6c5c4)cc3c2c1. The Morgan fingerprint density at radius 2 is 0.975 bits per heavy atom. The molecule has 5 heteroatoms. The molecule has 190 valence electrons. The van der Waals surface area contributed by atoms with Crippen molar-refractivity contribution >= 4 is 86.1 Å². The second kappa shape index (κ2) is 9.25. The molecule has 8 aromatic rings. The molecule has 0 N–H and O–H groups in total. The topological polar surface area (TPSA) is 30.0 Å². The van der Waals surface area contributed by atoms with Crippen LogP contribution in [0.4, 0.5) is 0 Å². The van der Waals surface area contributed by atoms with Crippen molar-refractivity contribution in [3.63, 3.8) is 0 Å². The molecule has 0 aliphatic rings. The van der Waals surface area contributed by atoms with E-state index in [1.54, 1.807) is 22.7 Å². The molecule has 0 fully saturated rings. The minimum atomic E-state index is -3.05. The third kappa shape index (κ3) is 3.68. The van der Waals surface area contributed by atoms with E-state index in [1.165, 1.54) is 46.1 Å². The molecule has 0 radical (unpaired) electrons. The summed E-state index contributed by atoms with van der Waals surface area (Å²) in [7, 11) is -3.05. The van der Waals surface area contributed by atoms with Gasteiger partial charge in [-0.3, -0.25) is 4.98 Å². The van der Waals surface area contributed by atoms with Gasteiger partial charge in [0.25, 0.3) is 0 Å². The molecule has 3 aromatic heterocycles. The average Bonchev–Trinajstić information content (AvgIpc) is 3.58. The van der Waals surface area contributed by atoms with Gasteiger partial charge in [-0.15, -0.1) is 22.7 Å². The van der Waals surface area contributed by atoms with Gasteiger partial charge in [0.2, 0.25) is 0 Å². The number of aromatic nitrogens is 1. The molecule has 3 heterocycles. The summed E-state index contributed by atoms with van der Waals surface area (Å²) >= 11 is 3.59. The first kappa shape index (κ1) is 23.8. The Morgan fingerprint density at radius 1 is 0.475 bits per heavy atom. The molecule has 0 saturated carbocycles. The number of rotatable bonds is 4. The monoisotopic (exact) mass is 567 g/mol. The zero-order valence-corrected chi connectivity index (χ0v) is 23.8. The van der Waals surface area contributed by atoms with E-state index >= 15 is 4.57 Å². The first-order valence-corrected chi connectivity index (χ1v) is 16.5. The predicted molar refractivity (Wildman–Crippen MR) is 175 cm³/mol. The number of hydrogen-bond acceptors (Lipinski definition) is 4. The largest absolute Gasteiger partial charge is 0.309 e. The van der Waals surface area contributed by atoms with Crippen LogP contribution in [0.15, 0.2) is 134 Å². The van der Waals surface area contributed by atoms with Gasteiger partial charge in [0.15, 0.2) is 7.14 Å². The van der Waals surface area contributed by atoms with E-state index in [1.807, 2.05) is 73.1 Å². The Bertz CT molecular complexity index is 2210. The summed E-state index contributed by atoms with van der Waals surface area (Å²) in [5.74, 6) is 0. The summed E-state index contributed by atoms with van der Waals surface area (Å²) in [5.41, 5.74) is 2.37.